The average Bonchev–Trinajstić information content (AvgIpc) is 3.10. The molecule has 6 nitrogen and oxygen atoms in total. The van der Waals surface area contributed by atoms with Crippen molar-refractivity contribution in [3.8, 4) is 0 Å². The van der Waals surface area contributed by atoms with E-state index < -0.39 is 6.03 Å². The van der Waals surface area contributed by atoms with Crippen LogP contribution >= 0.6 is 0 Å². The first-order valence-electron chi connectivity index (χ1n) is 8.34. The van der Waals surface area contributed by atoms with Crippen LogP contribution in [0.15, 0.2) is 24.3 Å². The second-order valence-electron chi connectivity index (χ2n) is 6.35. The topological polar surface area (TPSA) is 78.7 Å². The van der Waals surface area contributed by atoms with Crippen LogP contribution in [0.4, 0.5) is 16.2 Å². The van der Waals surface area contributed by atoms with E-state index in [1.807, 2.05) is 12.1 Å². The molecule has 2 aliphatic heterocycles. The Morgan fingerprint density at radius 3 is 2.39 bits per heavy atom. The Balaban J connectivity index is 1.57. The number of primary amides is 1. The maximum atomic E-state index is 12.4. The van der Waals surface area contributed by atoms with Gasteiger partial charge >= 0.3 is 6.03 Å². The van der Waals surface area contributed by atoms with Crippen molar-refractivity contribution in [2.45, 2.75) is 25.7 Å². The van der Waals surface area contributed by atoms with Crippen LogP contribution < -0.4 is 16.0 Å². The molecule has 2 saturated heterocycles. The molecular weight excluding hydrogens is 292 g/mol. The second-order valence-corrected chi connectivity index (χ2v) is 6.35. The highest BCUT2D eigenvalue weighted by Crippen LogP contribution is 2.23. The number of carbonyl (C=O) groups is 2. The molecule has 23 heavy (non-hydrogen) atoms. The Labute approximate surface area is 136 Å². The van der Waals surface area contributed by atoms with Gasteiger partial charge in [0.05, 0.1) is 5.92 Å². The molecule has 0 aliphatic carbocycles. The number of likely N-dealkylation sites (tertiary alicyclic amines) is 1. The number of hydrogen-bond acceptors (Lipinski definition) is 3. The molecule has 2 fully saturated rings. The number of rotatable bonds is 3. The number of nitrogens with two attached hydrogens (primary N) is 1. The maximum Gasteiger partial charge on any atom is 0.314 e. The van der Waals surface area contributed by atoms with Crippen LogP contribution in [0.25, 0.3) is 0 Å². The van der Waals surface area contributed by atoms with Crippen molar-refractivity contribution in [1.29, 1.82) is 0 Å². The number of nitrogens with zero attached hydrogens (tertiary/aromatic N) is 2. The molecule has 1 unspecified atom stereocenters. The Bertz CT molecular complexity index is 566. The van der Waals surface area contributed by atoms with E-state index in [1.165, 1.54) is 18.5 Å². The predicted octanol–water partition coefficient (Wildman–Crippen LogP) is 2.02. The third-order valence-corrected chi connectivity index (χ3v) is 4.71. The van der Waals surface area contributed by atoms with E-state index in [9.17, 15) is 9.59 Å². The minimum atomic E-state index is -0.447. The van der Waals surface area contributed by atoms with Crippen LogP contribution in [0.5, 0.6) is 0 Å². The minimum Gasteiger partial charge on any atom is -0.372 e. The molecule has 0 radical (unpaired) electrons. The molecule has 2 heterocycles. The highest BCUT2D eigenvalue weighted by molar-refractivity contribution is 5.93. The fourth-order valence-corrected chi connectivity index (χ4v) is 3.37. The summed E-state index contributed by atoms with van der Waals surface area (Å²) in [7, 11) is 0. The van der Waals surface area contributed by atoms with Gasteiger partial charge in [0.25, 0.3) is 0 Å². The first-order chi connectivity index (χ1) is 11.1. The fourth-order valence-electron chi connectivity index (χ4n) is 3.37. The summed E-state index contributed by atoms with van der Waals surface area (Å²) in [5.41, 5.74) is 7.32. The van der Waals surface area contributed by atoms with Gasteiger partial charge in [-0.2, -0.15) is 0 Å². The van der Waals surface area contributed by atoms with Crippen LogP contribution in [0, 0.1) is 5.92 Å². The van der Waals surface area contributed by atoms with Crippen molar-refractivity contribution in [3.63, 3.8) is 0 Å². The fraction of sp³-hybridized carbons (Fsp3) is 0.529. The first kappa shape index (κ1) is 15.6. The average molecular weight is 316 g/mol. The molecule has 1 aromatic rings. The van der Waals surface area contributed by atoms with E-state index in [4.69, 9.17) is 5.73 Å². The van der Waals surface area contributed by atoms with Crippen molar-refractivity contribution < 1.29 is 9.59 Å². The summed E-state index contributed by atoms with van der Waals surface area (Å²) in [6.45, 7) is 3.27. The molecular formula is C17H24N4O2. The van der Waals surface area contributed by atoms with Crippen molar-refractivity contribution >= 4 is 23.3 Å². The molecule has 1 atom stereocenters. The summed E-state index contributed by atoms with van der Waals surface area (Å²) < 4.78 is 0. The van der Waals surface area contributed by atoms with Crippen LogP contribution in [0.1, 0.15) is 25.7 Å². The highest BCUT2D eigenvalue weighted by Gasteiger charge is 2.27. The number of nitrogens with one attached hydrogen (secondary N) is 1. The van der Waals surface area contributed by atoms with Gasteiger partial charge in [-0.3, -0.25) is 4.79 Å². The number of amides is 3. The van der Waals surface area contributed by atoms with Gasteiger partial charge in [-0.25, -0.2) is 4.79 Å². The van der Waals surface area contributed by atoms with Crippen LogP contribution in [-0.4, -0.2) is 43.0 Å². The lowest BCUT2D eigenvalue weighted by Gasteiger charge is -2.30. The Kier molecular flexibility index (Phi) is 4.69. The second kappa shape index (κ2) is 6.89. The molecule has 3 N–H and O–H groups in total. The van der Waals surface area contributed by atoms with Crippen LogP contribution in [-0.2, 0) is 4.79 Å². The van der Waals surface area contributed by atoms with Gasteiger partial charge in [-0.1, -0.05) is 0 Å². The van der Waals surface area contributed by atoms with Crippen molar-refractivity contribution in [2.75, 3.05) is 36.4 Å². The Morgan fingerprint density at radius 2 is 1.74 bits per heavy atom. The third kappa shape index (κ3) is 3.75. The van der Waals surface area contributed by atoms with Crippen molar-refractivity contribution in [3.05, 3.63) is 24.3 Å². The van der Waals surface area contributed by atoms with E-state index in [-0.39, 0.29) is 11.8 Å². The third-order valence-electron chi connectivity index (χ3n) is 4.71. The van der Waals surface area contributed by atoms with Gasteiger partial charge < -0.3 is 20.9 Å². The van der Waals surface area contributed by atoms with E-state index in [1.54, 1.807) is 4.90 Å². The van der Waals surface area contributed by atoms with Crippen molar-refractivity contribution in [2.24, 2.45) is 11.7 Å². The standard InChI is InChI=1S/C17H24N4O2/c18-17(23)21-11-3-4-13(12-21)16(22)19-14-5-7-15(8-6-14)20-9-1-2-10-20/h5-8,13H,1-4,9-12H2,(H2,18,23)(H,19,22). The summed E-state index contributed by atoms with van der Waals surface area (Å²) in [4.78, 5) is 27.5. The lowest BCUT2D eigenvalue weighted by Crippen LogP contribution is -2.46. The smallest absolute Gasteiger partial charge is 0.314 e. The molecule has 3 rings (SSSR count). The van der Waals surface area contributed by atoms with Crippen LogP contribution in [0.3, 0.4) is 0 Å². The molecule has 0 aromatic heterocycles. The van der Waals surface area contributed by atoms with E-state index in [0.717, 1.165) is 31.6 Å². The molecule has 3 amide bonds. The largest absolute Gasteiger partial charge is 0.372 e. The maximum absolute atomic E-state index is 12.4. The number of anilines is 2. The first-order valence-corrected chi connectivity index (χ1v) is 8.34. The number of benzene rings is 1. The van der Waals surface area contributed by atoms with E-state index in [2.05, 4.69) is 22.3 Å². The van der Waals surface area contributed by atoms with E-state index in [0.29, 0.717) is 13.1 Å². The Morgan fingerprint density at radius 1 is 1.04 bits per heavy atom. The Hall–Kier alpha value is -2.24. The molecule has 0 spiro atoms. The highest BCUT2D eigenvalue weighted by atomic mass is 16.2. The summed E-state index contributed by atoms with van der Waals surface area (Å²) >= 11 is 0. The quantitative estimate of drug-likeness (QED) is 0.895. The lowest BCUT2D eigenvalue weighted by atomic mass is 9.97. The minimum absolute atomic E-state index is 0.0372. The van der Waals surface area contributed by atoms with Gasteiger partial charge in [0.1, 0.15) is 0 Å². The zero-order chi connectivity index (χ0) is 16.2. The van der Waals surface area contributed by atoms with Gasteiger partial charge in [0, 0.05) is 37.6 Å². The lowest BCUT2D eigenvalue weighted by molar-refractivity contribution is -0.121. The summed E-state index contributed by atoms with van der Waals surface area (Å²) in [5.74, 6) is -0.223. The number of piperidine rings is 1. The zero-order valence-corrected chi connectivity index (χ0v) is 13.3. The molecule has 2 aliphatic rings. The predicted molar refractivity (Wildman–Crippen MR) is 90.4 cm³/mol. The monoisotopic (exact) mass is 316 g/mol. The number of urea groups is 1. The molecule has 124 valence electrons. The van der Waals surface area contributed by atoms with Gasteiger partial charge in [-0.05, 0) is 49.9 Å². The molecule has 0 saturated carbocycles. The van der Waals surface area contributed by atoms with Gasteiger partial charge in [0.15, 0.2) is 0 Å². The van der Waals surface area contributed by atoms with Crippen molar-refractivity contribution in [1.82, 2.24) is 4.90 Å². The number of hydrogen-bond donors (Lipinski definition) is 2. The number of carbonyl (C=O) groups excluding carboxylic acids is 2. The van der Waals surface area contributed by atoms with Crippen LogP contribution in [0.2, 0.25) is 0 Å². The summed E-state index contributed by atoms with van der Waals surface area (Å²) in [6.07, 6.45) is 4.10. The summed E-state index contributed by atoms with van der Waals surface area (Å²) in [6, 6.07) is 7.55. The molecule has 6 heteroatoms. The van der Waals surface area contributed by atoms with E-state index >= 15 is 0 Å². The molecule has 0 bridgehead atoms. The van der Waals surface area contributed by atoms with Gasteiger partial charge in [-0.15, -0.1) is 0 Å². The normalized spacial score (nSPS) is 21.3. The van der Waals surface area contributed by atoms with Gasteiger partial charge in [0.2, 0.25) is 5.91 Å². The molecule has 1 aromatic carbocycles. The SMILES string of the molecule is NC(=O)N1CCCC(C(=O)Nc2ccc(N3CCCC3)cc2)C1. The zero-order valence-electron chi connectivity index (χ0n) is 13.3. The summed E-state index contributed by atoms with van der Waals surface area (Å²) in [5, 5.41) is 2.95.